The molecule has 1 heterocycles. The van der Waals surface area contributed by atoms with Crippen LogP contribution in [0.4, 0.5) is 4.39 Å². The maximum Gasteiger partial charge on any atom is 0.123 e. The maximum absolute atomic E-state index is 12.6. The fraction of sp³-hybridized carbons (Fsp3) is 0. The number of pyridine rings is 1. The minimum Gasteiger partial charge on any atom is -0.263 e. The second-order valence-corrected chi connectivity index (χ2v) is 2.28. The van der Waals surface area contributed by atoms with E-state index in [1.807, 2.05) is 0 Å². The number of fused-ring (bicyclic) bond motifs is 1. The van der Waals surface area contributed by atoms with E-state index in [0.717, 1.165) is 10.8 Å². The molecule has 0 aliphatic rings. The molecule has 0 saturated carbocycles. The zero-order valence-corrected chi connectivity index (χ0v) is 5.71. The molecule has 0 unspecified atom stereocenters. The molecule has 0 bridgehead atoms. The molecule has 0 amide bonds. The zero-order valence-electron chi connectivity index (χ0n) is 5.71. The highest BCUT2D eigenvalue weighted by Crippen LogP contribution is 2.12. The Bertz CT molecular complexity index is 384. The highest BCUT2D eigenvalue weighted by molar-refractivity contribution is 5.80. The molecule has 0 atom stereocenters. The van der Waals surface area contributed by atoms with Crippen molar-refractivity contribution in [2.24, 2.45) is 0 Å². The standard InChI is InChI=1S/C9H5FN/c10-9-2-1-7-3-4-11-6-8(7)5-9/h1-2,4-6H. The van der Waals surface area contributed by atoms with Crippen molar-refractivity contribution >= 4 is 10.8 Å². The van der Waals surface area contributed by atoms with E-state index in [9.17, 15) is 4.39 Å². The quantitative estimate of drug-likeness (QED) is 0.555. The van der Waals surface area contributed by atoms with Crippen molar-refractivity contribution in [3.63, 3.8) is 0 Å². The summed E-state index contributed by atoms with van der Waals surface area (Å²) >= 11 is 0. The molecule has 0 aliphatic carbocycles. The third-order valence-corrected chi connectivity index (χ3v) is 1.52. The van der Waals surface area contributed by atoms with Crippen LogP contribution < -0.4 is 0 Å². The third-order valence-electron chi connectivity index (χ3n) is 1.52. The lowest BCUT2D eigenvalue weighted by atomic mass is 10.2. The molecular weight excluding hydrogens is 141 g/mol. The van der Waals surface area contributed by atoms with Crippen molar-refractivity contribution in [2.45, 2.75) is 0 Å². The van der Waals surface area contributed by atoms with Gasteiger partial charge in [-0.05, 0) is 17.5 Å². The lowest BCUT2D eigenvalue weighted by Gasteiger charge is -1.93. The normalized spacial score (nSPS) is 10.3. The van der Waals surface area contributed by atoms with Crippen LogP contribution in [-0.4, -0.2) is 4.98 Å². The van der Waals surface area contributed by atoms with Crippen LogP contribution in [0.2, 0.25) is 0 Å². The molecule has 2 rings (SSSR count). The van der Waals surface area contributed by atoms with Crippen LogP contribution in [0, 0.1) is 11.9 Å². The van der Waals surface area contributed by atoms with E-state index in [0.29, 0.717) is 0 Å². The van der Waals surface area contributed by atoms with Gasteiger partial charge < -0.3 is 0 Å². The van der Waals surface area contributed by atoms with Gasteiger partial charge >= 0.3 is 0 Å². The fourth-order valence-electron chi connectivity index (χ4n) is 0.996. The average Bonchev–Trinajstić information content (AvgIpc) is 2.04. The average molecular weight is 146 g/mol. The summed E-state index contributed by atoms with van der Waals surface area (Å²) < 4.78 is 12.6. The van der Waals surface area contributed by atoms with Gasteiger partial charge in [0.25, 0.3) is 0 Å². The molecule has 1 nitrogen and oxygen atoms in total. The van der Waals surface area contributed by atoms with E-state index in [-0.39, 0.29) is 5.82 Å². The van der Waals surface area contributed by atoms with Crippen LogP contribution in [0.5, 0.6) is 0 Å². The molecule has 1 aromatic heterocycles. The Hall–Kier alpha value is -1.44. The first-order chi connectivity index (χ1) is 5.36. The minimum absolute atomic E-state index is 0.237. The summed E-state index contributed by atoms with van der Waals surface area (Å²) in [5.74, 6) is -0.237. The first-order valence-electron chi connectivity index (χ1n) is 3.27. The molecule has 1 aromatic carbocycles. The monoisotopic (exact) mass is 146 g/mol. The Morgan fingerprint density at radius 2 is 2.27 bits per heavy atom. The van der Waals surface area contributed by atoms with Gasteiger partial charge in [0.05, 0.1) is 0 Å². The van der Waals surface area contributed by atoms with E-state index < -0.39 is 0 Å². The molecular formula is C9H5FN. The van der Waals surface area contributed by atoms with Crippen LogP contribution in [0.1, 0.15) is 0 Å². The van der Waals surface area contributed by atoms with Gasteiger partial charge in [0, 0.05) is 23.8 Å². The van der Waals surface area contributed by atoms with Crippen molar-refractivity contribution < 1.29 is 4.39 Å². The van der Waals surface area contributed by atoms with Crippen LogP contribution in [0.3, 0.4) is 0 Å². The second-order valence-electron chi connectivity index (χ2n) is 2.28. The van der Waals surface area contributed by atoms with Gasteiger partial charge in [-0.1, -0.05) is 6.07 Å². The third kappa shape index (κ3) is 1.07. The second kappa shape index (κ2) is 2.31. The first kappa shape index (κ1) is 6.28. The number of aromatic nitrogens is 1. The van der Waals surface area contributed by atoms with Gasteiger partial charge in [0.15, 0.2) is 0 Å². The number of hydrogen-bond donors (Lipinski definition) is 0. The van der Waals surface area contributed by atoms with E-state index in [1.165, 1.54) is 12.1 Å². The van der Waals surface area contributed by atoms with Gasteiger partial charge in [0.1, 0.15) is 5.82 Å². The lowest BCUT2D eigenvalue weighted by molar-refractivity contribution is 0.629. The van der Waals surface area contributed by atoms with Crippen LogP contribution >= 0.6 is 0 Å². The molecule has 0 aliphatic heterocycles. The van der Waals surface area contributed by atoms with Crippen molar-refractivity contribution in [1.29, 1.82) is 0 Å². The number of benzene rings is 1. The Labute approximate surface area is 63.5 Å². The largest absolute Gasteiger partial charge is 0.263 e. The number of halogens is 1. The fourth-order valence-corrected chi connectivity index (χ4v) is 0.996. The van der Waals surface area contributed by atoms with Crippen molar-refractivity contribution in [3.8, 4) is 0 Å². The zero-order chi connectivity index (χ0) is 7.68. The Balaban J connectivity index is 2.83. The van der Waals surface area contributed by atoms with E-state index in [2.05, 4.69) is 11.1 Å². The number of rotatable bonds is 0. The summed E-state index contributed by atoms with van der Waals surface area (Å²) in [4.78, 5) is 3.83. The van der Waals surface area contributed by atoms with E-state index in [1.54, 1.807) is 18.5 Å². The Morgan fingerprint density at radius 3 is 3.18 bits per heavy atom. The molecule has 0 spiro atoms. The van der Waals surface area contributed by atoms with Gasteiger partial charge in [0.2, 0.25) is 0 Å². The van der Waals surface area contributed by atoms with Crippen LogP contribution in [-0.2, 0) is 0 Å². The summed E-state index contributed by atoms with van der Waals surface area (Å²) in [5.41, 5.74) is 0. The molecule has 0 saturated heterocycles. The topological polar surface area (TPSA) is 12.9 Å². The maximum atomic E-state index is 12.6. The predicted molar refractivity (Wildman–Crippen MR) is 40.5 cm³/mol. The molecule has 0 fully saturated rings. The number of hydrogen-bond acceptors (Lipinski definition) is 1. The van der Waals surface area contributed by atoms with Crippen molar-refractivity contribution in [2.75, 3.05) is 0 Å². The summed E-state index contributed by atoms with van der Waals surface area (Å²) in [6.07, 6.45) is 3.19. The summed E-state index contributed by atoms with van der Waals surface area (Å²) in [5, 5.41) is 1.67. The van der Waals surface area contributed by atoms with Gasteiger partial charge in [-0.15, -0.1) is 0 Å². The summed E-state index contributed by atoms with van der Waals surface area (Å²) in [6, 6.07) is 7.45. The van der Waals surface area contributed by atoms with E-state index >= 15 is 0 Å². The van der Waals surface area contributed by atoms with Crippen LogP contribution in [0.25, 0.3) is 10.8 Å². The SMILES string of the molecule is Fc1ccc2[c]cncc2c1. The molecule has 1 radical (unpaired) electrons. The van der Waals surface area contributed by atoms with Gasteiger partial charge in [-0.2, -0.15) is 0 Å². The molecule has 0 N–H and O–H groups in total. The minimum atomic E-state index is -0.237. The Morgan fingerprint density at radius 1 is 1.36 bits per heavy atom. The summed E-state index contributed by atoms with van der Waals surface area (Å²) in [7, 11) is 0. The lowest BCUT2D eigenvalue weighted by Crippen LogP contribution is -1.77. The Kier molecular flexibility index (Phi) is 1.32. The van der Waals surface area contributed by atoms with Crippen molar-refractivity contribution in [1.82, 2.24) is 4.98 Å². The molecule has 53 valence electrons. The smallest absolute Gasteiger partial charge is 0.123 e. The highest BCUT2D eigenvalue weighted by atomic mass is 19.1. The molecule has 11 heavy (non-hydrogen) atoms. The first-order valence-corrected chi connectivity index (χ1v) is 3.27. The van der Waals surface area contributed by atoms with Gasteiger partial charge in [-0.25, -0.2) is 4.39 Å². The van der Waals surface area contributed by atoms with E-state index in [4.69, 9.17) is 0 Å². The number of nitrogens with zero attached hydrogens (tertiary/aromatic N) is 1. The van der Waals surface area contributed by atoms with Gasteiger partial charge in [-0.3, -0.25) is 4.98 Å². The van der Waals surface area contributed by atoms with Crippen LogP contribution in [0.15, 0.2) is 30.6 Å². The predicted octanol–water partition coefficient (Wildman–Crippen LogP) is 2.17. The molecule has 2 aromatic rings. The van der Waals surface area contributed by atoms with Crippen molar-refractivity contribution in [3.05, 3.63) is 42.5 Å². The summed E-state index contributed by atoms with van der Waals surface area (Å²) in [6.45, 7) is 0. The highest BCUT2D eigenvalue weighted by Gasteiger charge is 1.93. The molecule has 2 heteroatoms.